The van der Waals surface area contributed by atoms with Gasteiger partial charge in [0.05, 0.1) is 11.0 Å². The van der Waals surface area contributed by atoms with E-state index in [1.54, 1.807) is 26.8 Å². The molecule has 8 heteroatoms. The molecular formula is C32H36FN3O4. The van der Waals surface area contributed by atoms with Crippen molar-refractivity contribution in [3.8, 4) is 0 Å². The number of imidazole rings is 1. The molecule has 0 spiro atoms. The molecule has 0 aliphatic heterocycles. The zero-order valence-corrected chi connectivity index (χ0v) is 23.7. The van der Waals surface area contributed by atoms with Crippen molar-refractivity contribution in [2.75, 3.05) is 0 Å². The number of aryl methyl sites for hydroxylation is 3. The molecule has 0 saturated carbocycles. The zero-order valence-electron chi connectivity index (χ0n) is 23.7. The average molecular weight is 546 g/mol. The summed E-state index contributed by atoms with van der Waals surface area (Å²) in [4.78, 5) is 30.6. The number of ether oxygens (including phenoxy) is 2. The zero-order chi connectivity index (χ0) is 28.9. The lowest BCUT2D eigenvalue weighted by atomic mass is 10.1. The fourth-order valence-electron chi connectivity index (χ4n) is 4.42. The van der Waals surface area contributed by atoms with Gasteiger partial charge in [-0.1, -0.05) is 42.5 Å². The molecule has 0 bridgehead atoms. The lowest BCUT2D eigenvalue weighted by Crippen LogP contribution is -2.44. The van der Waals surface area contributed by atoms with Crippen molar-refractivity contribution < 1.29 is 23.5 Å². The molecular weight excluding hydrogens is 509 g/mol. The summed E-state index contributed by atoms with van der Waals surface area (Å²) in [5, 5.41) is 2.69. The number of rotatable bonds is 9. The highest BCUT2D eigenvalue weighted by Crippen LogP contribution is 2.24. The number of hydrogen-bond donors (Lipinski definition) is 1. The van der Waals surface area contributed by atoms with Gasteiger partial charge >= 0.3 is 12.1 Å². The number of amides is 1. The Kier molecular flexibility index (Phi) is 8.87. The number of halogens is 1. The molecule has 0 fully saturated rings. The Balaban J connectivity index is 1.59. The number of esters is 1. The molecule has 0 saturated heterocycles. The van der Waals surface area contributed by atoms with Gasteiger partial charge in [-0.25, -0.2) is 19.0 Å². The highest BCUT2D eigenvalue weighted by molar-refractivity contribution is 5.81. The van der Waals surface area contributed by atoms with Crippen molar-refractivity contribution in [2.24, 2.45) is 0 Å². The van der Waals surface area contributed by atoms with E-state index in [2.05, 4.69) is 11.4 Å². The van der Waals surface area contributed by atoms with Crippen molar-refractivity contribution in [2.45, 2.75) is 72.3 Å². The van der Waals surface area contributed by atoms with Crippen LogP contribution in [0.2, 0.25) is 0 Å². The maximum absolute atomic E-state index is 14.0. The van der Waals surface area contributed by atoms with E-state index in [0.29, 0.717) is 13.0 Å². The Morgan fingerprint density at radius 3 is 2.38 bits per heavy atom. The molecule has 40 heavy (non-hydrogen) atoms. The van der Waals surface area contributed by atoms with E-state index in [0.717, 1.165) is 39.1 Å². The molecule has 0 aliphatic carbocycles. The van der Waals surface area contributed by atoms with Gasteiger partial charge in [-0.05, 0) is 87.6 Å². The standard InChI is InChI=1S/C32H36FN3O4/c1-21-16-27-28(17-22(21)2)36(19-24-12-9-13-25(33)18-24)29(34-27)15-14-26(35-31(38)40-32(3,4)5)30(37)39-20-23-10-7-6-8-11-23/h6-13,16-18,26H,14-15,19-20H2,1-5H3,(H,35,38)/t26-/m0/s1. The smallest absolute Gasteiger partial charge is 0.408 e. The van der Waals surface area contributed by atoms with E-state index in [1.165, 1.54) is 12.1 Å². The van der Waals surface area contributed by atoms with Crippen LogP contribution < -0.4 is 5.32 Å². The number of alkyl carbamates (subject to hydrolysis) is 1. The summed E-state index contributed by atoms with van der Waals surface area (Å²) in [7, 11) is 0. The highest BCUT2D eigenvalue weighted by Gasteiger charge is 2.26. The maximum atomic E-state index is 14.0. The minimum absolute atomic E-state index is 0.0861. The predicted molar refractivity (Wildman–Crippen MR) is 152 cm³/mol. The Morgan fingerprint density at radius 1 is 0.975 bits per heavy atom. The molecule has 1 atom stereocenters. The SMILES string of the molecule is Cc1cc2nc(CC[C@H](NC(=O)OC(C)(C)C)C(=O)OCc3ccccc3)n(Cc3cccc(F)c3)c2cc1C. The summed E-state index contributed by atoms with van der Waals surface area (Å²) in [6, 6.07) is 19.0. The first-order chi connectivity index (χ1) is 19.0. The van der Waals surface area contributed by atoms with Crippen LogP contribution in [0.4, 0.5) is 9.18 Å². The first kappa shape index (κ1) is 28.8. The van der Waals surface area contributed by atoms with Crippen molar-refractivity contribution in [3.05, 3.63) is 101 Å². The molecule has 7 nitrogen and oxygen atoms in total. The van der Waals surface area contributed by atoms with Crippen LogP contribution in [0.1, 0.15) is 55.3 Å². The number of carbonyl (C=O) groups excluding carboxylic acids is 2. The van der Waals surface area contributed by atoms with Crippen LogP contribution in [0.25, 0.3) is 11.0 Å². The predicted octanol–water partition coefficient (Wildman–Crippen LogP) is 6.41. The second-order valence-corrected chi connectivity index (χ2v) is 11.0. The van der Waals surface area contributed by atoms with Crippen LogP contribution in [0, 0.1) is 19.7 Å². The van der Waals surface area contributed by atoms with E-state index in [9.17, 15) is 14.0 Å². The largest absolute Gasteiger partial charge is 0.459 e. The number of fused-ring (bicyclic) bond motifs is 1. The van der Waals surface area contributed by atoms with E-state index in [4.69, 9.17) is 14.5 Å². The monoisotopic (exact) mass is 545 g/mol. The lowest BCUT2D eigenvalue weighted by molar-refractivity contribution is -0.147. The fourth-order valence-corrected chi connectivity index (χ4v) is 4.42. The first-order valence-corrected chi connectivity index (χ1v) is 13.4. The molecule has 0 unspecified atom stereocenters. The summed E-state index contributed by atoms with van der Waals surface area (Å²) in [6.07, 6.45) is -0.103. The third kappa shape index (κ3) is 7.68. The summed E-state index contributed by atoms with van der Waals surface area (Å²) in [5.41, 5.74) is 4.89. The van der Waals surface area contributed by atoms with Gasteiger partial charge in [0.15, 0.2) is 0 Å². The summed E-state index contributed by atoms with van der Waals surface area (Å²) in [5.74, 6) is -0.149. The van der Waals surface area contributed by atoms with Gasteiger partial charge in [-0.15, -0.1) is 0 Å². The summed E-state index contributed by atoms with van der Waals surface area (Å²) < 4.78 is 27.0. The molecule has 1 heterocycles. The number of nitrogens with one attached hydrogen (secondary N) is 1. The van der Waals surface area contributed by atoms with Gasteiger partial charge < -0.3 is 19.4 Å². The number of carbonyl (C=O) groups is 2. The van der Waals surface area contributed by atoms with Crippen LogP contribution in [0.15, 0.2) is 66.7 Å². The van der Waals surface area contributed by atoms with Crippen molar-refractivity contribution in [1.82, 2.24) is 14.9 Å². The quantitative estimate of drug-likeness (QED) is 0.246. The number of nitrogens with zero attached hydrogens (tertiary/aromatic N) is 2. The topological polar surface area (TPSA) is 82.4 Å². The van der Waals surface area contributed by atoms with Crippen LogP contribution >= 0.6 is 0 Å². The first-order valence-electron chi connectivity index (χ1n) is 13.4. The van der Waals surface area contributed by atoms with Gasteiger partial charge in [-0.2, -0.15) is 0 Å². The van der Waals surface area contributed by atoms with E-state index in [-0.39, 0.29) is 18.8 Å². The van der Waals surface area contributed by atoms with Gasteiger partial charge in [0.1, 0.15) is 29.9 Å². The average Bonchev–Trinajstić information content (AvgIpc) is 3.20. The third-order valence-corrected chi connectivity index (χ3v) is 6.53. The number of aromatic nitrogens is 2. The normalized spacial score (nSPS) is 12.2. The second-order valence-electron chi connectivity index (χ2n) is 11.0. The molecule has 4 rings (SSSR count). The molecule has 0 radical (unpaired) electrons. The molecule has 0 aliphatic rings. The highest BCUT2D eigenvalue weighted by atomic mass is 19.1. The second kappa shape index (κ2) is 12.3. The molecule has 210 valence electrons. The van der Waals surface area contributed by atoms with Crippen LogP contribution in [0.3, 0.4) is 0 Å². The van der Waals surface area contributed by atoms with E-state index < -0.39 is 23.7 Å². The maximum Gasteiger partial charge on any atom is 0.408 e. The molecule has 1 aromatic heterocycles. The van der Waals surface area contributed by atoms with Crippen LogP contribution in [-0.2, 0) is 33.8 Å². The molecule has 3 aromatic carbocycles. The molecule has 1 N–H and O–H groups in total. The van der Waals surface area contributed by atoms with Crippen LogP contribution in [-0.4, -0.2) is 33.3 Å². The van der Waals surface area contributed by atoms with Crippen molar-refractivity contribution in [3.63, 3.8) is 0 Å². The van der Waals surface area contributed by atoms with Crippen molar-refractivity contribution in [1.29, 1.82) is 0 Å². The van der Waals surface area contributed by atoms with Crippen molar-refractivity contribution >= 4 is 23.1 Å². The lowest BCUT2D eigenvalue weighted by Gasteiger charge is -2.23. The minimum atomic E-state index is -0.954. The number of hydrogen-bond acceptors (Lipinski definition) is 5. The minimum Gasteiger partial charge on any atom is -0.459 e. The molecule has 1 amide bonds. The van der Waals surface area contributed by atoms with Gasteiger partial charge in [0.25, 0.3) is 0 Å². The van der Waals surface area contributed by atoms with Gasteiger partial charge in [0.2, 0.25) is 0 Å². The Labute approximate surface area is 234 Å². The Hall–Kier alpha value is -4.20. The van der Waals surface area contributed by atoms with E-state index >= 15 is 0 Å². The van der Waals surface area contributed by atoms with Gasteiger partial charge in [-0.3, -0.25) is 0 Å². The van der Waals surface area contributed by atoms with Gasteiger partial charge in [0, 0.05) is 13.0 Å². The van der Waals surface area contributed by atoms with E-state index in [1.807, 2.05) is 60.9 Å². The summed E-state index contributed by atoms with van der Waals surface area (Å²) in [6.45, 7) is 9.84. The molecule has 4 aromatic rings. The fraction of sp³-hybridized carbons (Fsp3) is 0.344. The Morgan fingerprint density at radius 2 is 1.68 bits per heavy atom. The van der Waals surface area contributed by atoms with Crippen LogP contribution in [0.5, 0.6) is 0 Å². The summed E-state index contributed by atoms with van der Waals surface area (Å²) >= 11 is 0. The third-order valence-electron chi connectivity index (χ3n) is 6.53. The Bertz CT molecular complexity index is 1490. The number of benzene rings is 3.